The normalized spacial score (nSPS) is 10.3. The van der Waals surface area contributed by atoms with Crippen LogP contribution in [-0.2, 0) is 16.1 Å². The van der Waals surface area contributed by atoms with Crippen molar-refractivity contribution in [3.8, 4) is 5.75 Å². The predicted molar refractivity (Wildman–Crippen MR) is 76.9 cm³/mol. The number of ether oxygens (including phenoxy) is 2. The molecule has 0 fully saturated rings. The number of carbonyl (C=O) groups excluding carboxylic acids is 1. The fourth-order valence-electron chi connectivity index (χ4n) is 1.74. The molecule has 1 aromatic carbocycles. The highest BCUT2D eigenvalue weighted by Gasteiger charge is 2.12. The molecule has 5 heteroatoms. The molecule has 0 aliphatic heterocycles. The Morgan fingerprint density at radius 1 is 1.37 bits per heavy atom. The van der Waals surface area contributed by atoms with E-state index in [-0.39, 0.29) is 5.91 Å². The van der Waals surface area contributed by atoms with Crippen molar-refractivity contribution in [1.29, 1.82) is 0 Å². The number of rotatable bonds is 7. The van der Waals surface area contributed by atoms with Crippen LogP contribution in [0, 0.1) is 0 Å². The van der Waals surface area contributed by atoms with Gasteiger partial charge in [-0.2, -0.15) is 0 Å². The molecule has 1 aromatic rings. The van der Waals surface area contributed by atoms with Crippen molar-refractivity contribution < 1.29 is 14.3 Å². The summed E-state index contributed by atoms with van der Waals surface area (Å²) in [5.41, 5.74) is 1.49. The third-order valence-electron chi connectivity index (χ3n) is 2.47. The highest BCUT2D eigenvalue weighted by Crippen LogP contribution is 2.33. The van der Waals surface area contributed by atoms with E-state index < -0.39 is 0 Å². The molecule has 0 radical (unpaired) electrons. The van der Waals surface area contributed by atoms with E-state index in [9.17, 15) is 4.79 Å². The Labute approximate surface area is 119 Å². The van der Waals surface area contributed by atoms with Crippen molar-refractivity contribution in [3.05, 3.63) is 22.7 Å². The predicted octanol–water partition coefficient (Wildman–Crippen LogP) is 3.62. The van der Waals surface area contributed by atoms with E-state index in [1.807, 2.05) is 19.9 Å². The zero-order chi connectivity index (χ0) is 14.3. The first kappa shape index (κ1) is 15.8. The number of carbonyl (C=O) groups is 1. The SMILES string of the molecule is CCCC(=O)Nc1cc(Cl)c(OCC)c(COC)c1. The van der Waals surface area contributed by atoms with Crippen molar-refractivity contribution in [2.24, 2.45) is 0 Å². The Kier molecular flexibility index (Phi) is 6.67. The summed E-state index contributed by atoms with van der Waals surface area (Å²) in [4.78, 5) is 11.6. The molecule has 0 aliphatic carbocycles. The van der Waals surface area contributed by atoms with Crippen molar-refractivity contribution in [1.82, 2.24) is 0 Å². The first-order valence-electron chi connectivity index (χ1n) is 6.36. The van der Waals surface area contributed by atoms with Crippen LogP contribution >= 0.6 is 11.6 Å². The van der Waals surface area contributed by atoms with E-state index in [0.29, 0.717) is 36.1 Å². The summed E-state index contributed by atoms with van der Waals surface area (Å²) in [7, 11) is 1.60. The van der Waals surface area contributed by atoms with E-state index in [2.05, 4.69) is 5.32 Å². The zero-order valence-corrected chi connectivity index (χ0v) is 12.3. The Morgan fingerprint density at radius 3 is 2.68 bits per heavy atom. The maximum atomic E-state index is 11.6. The molecular weight excluding hydrogens is 266 g/mol. The zero-order valence-electron chi connectivity index (χ0n) is 11.6. The van der Waals surface area contributed by atoms with Gasteiger partial charge >= 0.3 is 0 Å². The highest BCUT2D eigenvalue weighted by molar-refractivity contribution is 6.32. The van der Waals surface area contributed by atoms with Crippen LogP contribution in [0.25, 0.3) is 0 Å². The van der Waals surface area contributed by atoms with Gasteiger partial charge in [0.15, 0.2) is 0 Å². The van der Waals surface area contributed by atoms with E-state index in [4.69, 9.17) is 21.1 Å². The lowest BCUT2D eigenvalue weighted by atomic mass is 10.1. The van der Waals surface area contributed by atoms with Crippen LogP contribution in [0.4, 0.5) is 5.69 Å². The molecule has 0 unspecified atom stereocenters. The van der Waals surface area contributed by atoms with Crippen LogP contribution in [-0.4, -0.2) is 19.6 Å². The van der Waals surface area contributed by atoms with Crippen molar-refractivity contribution in [3.63, 3.8) is 0 Å². The largest absolute Gasteiger partial charge is 0.492 e. The Morgan fingerprint density at radius 2 is 2.11 bits per heavy atom. The van der Waals surface area contributed by atoms with Crippen LogP contribution in [0.2, 0.25) is 5.02 Å². The van der Waals surface area contributed by atoms with Gasteiger partial charge in [0.2, 0.25) is 5.91 Å². The summed E-state index contributed by atoms with van der Waals surface area (Å²) >= 11 is 6.18. The average Bonchev–Trinajstić information content (AvgIpc) is 2.34. The molecule has 0 bridgehead atoms. The van der Waals surface area contributed by atoms with Crippen molar-refractivity contribution in [2.45, 2.75) is 33.3 Å². The topological polar surface area (TPSA) is 47.6 Å². The first-order chi connectivity index (χ1) is 9.12. The number of halogens is 1. The van der Waals surface area contributed by atoms with Gasteiger partial charge in [0.1, 0.15) is 5.75 Å². The molecular formula is C14H20ClNO3. The summed E-state index contributed by atoms with van der Waals surface area (Å²) in [5, 5.41) is 3.29. The van der Waals surface area contributed by atoms with Crippen LogP contribution < -0.4 is 10.1 Å². The van der Waals surface area contributed by atoms with Gasteiger partial charge in [0, 0.05) is 24.8 Å². The molecule has 106 valence electrons. The maximum Gasteiger partial charge on any atom is 0.224 e. The second kappa shape index (κ2) is 8.02. The van der Waals surface area contributed by atoms with Gasteiger partial charge in [-0.3, -0.25) is 4.79 Å². The molecule has 0 aliphatic rings. The fraction of sp³-hybridized carbons (Fsp3) is 0.500. The van der Waals surface area contributed by atoms with Crippen LogP contribution in [0.3, 0.4) is 0 Å². The Balaban J connectivity index is 2.98. The van der Waals surface area contributed by atoms with Gasteiger partial charge in [0.25, 0.3) is 0 Å². The summed E-state index contributed by atoms with van der Waals surface area (Å²) in [6.07, 6.45) is 1.30. The van der Waals surface area contributed by atoms with Gasteiger partial charge in [-0.05, 0) is 25.5 Å². The highest BCUT2D eigenvalue weighted by atomic mass is 35.5. The van der Waals surface area contributed by atoms with Gasteiger partial charge in [-0.1, -0.05) is 18.5 Å². The molecule has 0 heterocycles. The lowest BCUT2D eigenvalue weighted by Gasteiger charge is -2.14. The smallest absolute Gasteiger partial charge is 0.224 e. The van der Waals surface area contributed by atoms with E-state index in [1.54, 1.807) is 13.2 Å². The lowest BCUT2D eigenvalue weighted by Crippen LogP contribution is -2.11. The maximum absolute atomic E-state index is 11.6. The van der Waals surface area contributed by atoms with E-state index in [1.165, 1.54) is 0 Å². The number of benzene rings is 1. The third-order valence-corrected chi connectivity index (χ3v) is 2.75. The Bertz CT molecular complexity index is 435. The monoisotopic (exact) mass is 285 g/mol. The Hall–Kier alpha value is -1.26. The lowest BCUT2D eigenvalue weighted by molar-refractivity contribution is -0.116. The van der Waals surface area contributed by atoms with Gasteiger partial charge in [-0.25, -0.2) is 0 Å². The summed E-state index contributed by atoms with van der Waals surface area (Å²) in [6.45, 7) is 4.76. The van der Waals surface area contributed by atoms with Crippen LogP contribution in [0.15, 0.2) is 12.1 Å². The minimum Gasteiger partial charge on any atom is -0.492 e. The van der Waals surface area contributed by atoms with E-state index >= 15 is 0 Å². The summed E-state index contributed by atoms with van der Waals surface area (Å²) < 4.78 is 10.6. The van der Waals surface area contributed by atoms with Crippen molar-refractivity contribution >= 4 is 23.2 Å². The number of hydrogen-bond acceptors (Lipinski definition) is 3. The minimum absolute atomic E-state index is 0.0221. The molecule has 1 amide bonds. The molecule has 0 saturated heterocycles. The standard InChI is InChI=1S/C14H20ClNO3/c1-4-6-13(17)16-11-7-10(9-18-3)14(19-5-2)12(15)8-11/h7-8H,4-6,9H2,1-3H3,(H,16,17). The van der Waals surface area contributed by atoms with Crippen LogP contribution in [0.5, 0.6) is 5.75 Å². The quantitative estimate of drug-likeness (QED) is 0.832. The molecule has 4 nitrogen and oxygen atoms in total. The molecule has 0 atom stereocenters. The summed E-state index contributed by atoms with van der Waals surface area (Å²) in [6, 6.07) is 3.52. The molecule has 1 rings (SSSR count). The molecule has 1 N–H and O–H groups in total. The van der Waals surface area contributed by atoms with Gasteiger partial charge in [0.05, 0.1) is 18.2 Å². The average molecular weight is 286 g/mol. The molecule has 0 saturated carbocycles. The third kappa shape index (κ3) is 4.73. The molecule has 19 heavy (non-hydrogen) atoms. The number of methoxy groups -OCH3 is 1. The van der Waals surface area contributed by atoms with Crippen molar-refractivity contribution in [2.75, 3.05) is 19.0 Å². The molecule has 0 aromatic heterocycles. The van der Waals surface area contributed by atoms with Crippen LogP contribution in [0.1, 0.15) is 32.3 Å². The second-order valence-electron chi connectivity index (χ2n) is 4.11. The number of nitrogens with one attached hydrogen (secondary N) is 1. The first-order valence-corrected chi connectivity index (χ1v) is 6.74. The fourth-order valence-corrected chi connectivity index (χ4v) is 2.04. The number of amides is 1. The summed E-state index contributed by atoms with van der Waals surface area (Å²) in [5.74, 6) is 0.589. The molecule has 0 spiro atoms. The minimum atomic E-state index is -0.0221. The second-order valence-corrected chi connectivity index (χ2v) is 4.52. The van der Waals surface area contributed by atoms with E-state index in [0.717, 1.165) is 12.0 Å². The van der Waals surface area contributed by atoms with Gasteiger partial charge in [-0.15, -0.1) is 0 Å². The van der Waals surface area contributed by atoms with Gasteiger partial charge < -0.3 is 14.8 Å². The number of anilines is 1. The number of hydrogen-bond donors (Lipinski definition) is 1.